The minimum absolute atomic E-state index is 0.0686. The number of benzene rings is 1. The molecule has 0 saturated heterocycles. The van der Waals surface area contributed by atoms with E-state index in [1.807, 2.05) is 0 Å². The Labute approximate surface area is 171 Å². The number of halogens is 1. The number of carbonyl (C=O) groups is 1. The molecule has 2 aromatic heterocycles. The monoisotopic (exact) mass is 411 g/mol. The number of hydrogen-bond donors (Lipinski definition) is 2. The molecule has 0 aliphatic heterocycles. The zero-order valence-corrected chi connectivity index (χ0v) is 16.1. The highest BCUT2D eigenvalue weighted by molar-refractivity contribution is 6.30. The molecule has 9 heteroatoms. The number of hydrogen-bond acceptors (Lipinski definition) is 6. The van der Waals surface area contributed by atoms with Crippen LogP contribution in [-0.2, 0) is 0 Å². The molecule has 1 aromatic carbocycles. The standard InChI is InChI=1S/C20H18ClN5O3/c21-13-6-4-12(5-7-13)17-10-15(19(28)24-16-2-1-3-18(16)27)20(29)26(25-17)14-8-9-22-23-11-14/h4-11,16,18,27H,1-3H2,(H,24,28)/t16-,18+/m1/s1. The highest BCUT2D eigenvalue weighted by atomic mass is 35.5. The smallest absolute Gasteiger partial charge is 0.284 e. The number of amides is 1. The van der Waals surface area contributed by atoms with Gasteiger partial charge >= 0.3 is 0 Å². The maximum Gasteiger partial charge on any atom is 0.284 e. The molecule has 1 aliphatic carbocycles. The molecule has 3 aromatic rings. The van der Waals surface area contributed by atoms with Gasteiger partial charge in [0.1, 0.15) is 5.56 Å². The summed E-state index contributed by atoms with van der Waals surface area (Å²) in [5.74, 6) is -0.547. The van der Waals surface area contributed by atoms with E-state index in [2.05, 4.69) is 20.6 Å². The van der Waals surface area contributed by atoms with E-state index in [0.29, 0.717) is 34.8 Å². The van der Waals surface area contributed by atoms with Crippen molar-refractivity contribution in [1.82, 2.24) is 25.3 Å². The largest absolute Gasteiger partial charge is 0.391 e. The van der Waals surface area contributed by atoms with Gasteiger partial charge < -0.3 is 10.4 Å². The maximum absolute atomic E-state index is 13.0. The molecule has 0 unspecified atom stereocenters. The Morgan fingerprint density at radius 1 is 1.17 bits per heavy atom. The van der Waals surface area contributed by atoms with E-state index in [4.69, 9.17) is 11.6 Å². The zero-order chi connectivity index (χ0) is 20.4. The Hall–Kier alpha value is -3.10. The second-order valence-corrected chi connectivity index (χ2v) is 7.28. The van der Waals surface area contributed by atoms with Crippen LogP contribution < -0.4 is 10.9 Å². The van der Waals surface area contributed by atoms with Gasteiger partial charge in [-0.25, -0.2) is 0 Å². The molecule has 1 amide bonds. The first-order chi connectivity index (χ1) is 14.0. The predicted octanol–water partition coefficient (Wildman–Crippen LogP) is 1.99. The number of nitrogens with one attached hydrogen (secondary N) is 1. The SMILES string of the molecule is O=C(N[C@@H]1CCC[C@@H]1O)c1cc(-c2ccc(Cl)cc2)nn(-c2ccnnc2)c1=O. The topological polar surface area (TPSA) is 110 Å². The molecule has 1 aliphatic rings. The first kappa shape index (κ1) is 19.2. The fourth-order valence-corrected chi connectivity index (χ4v) is 3.48. The summed E-state index contributed by atoms with van der Waals surface area (Å²) in [6.07, 6.45) is 4.35. The molecule has 2 atom stereocenters. The third-order valence-corrected chi connectivity index (χ3v) is 5.16. The molecule has 2 heterocycles. The van der Waals surface area contributed by atoms with Crippen molar-refractivity contribution in [2.45, 2.75) is 31.4 Å². The van der Waals surface area contributed by atoms with E-state index < -0.39 is 17.6 Å². The Kier molecular flexibility index (Phi) is 5.37. The lowest BCUT2D eigenvalue weighted by molar-refractivity contribution is 0.0871. The van der Waals surface area contributed by atoms with Gasteiger partial charge in [-0.3, -0.25) is 9.59 Å². The molecule has 1 fully saturated rings. The van der Waals surface area contributed by atoms with Crippen LogP contribution >= 0.6 is 11.6 Å². The molecule has 4 rings (SSSR count). The third kappa shape index (κ3) is 4.03. The van der Waals surface area contributed by atoms with Crippen molar-refractivity contribution in [2.24, 2.45) is 0 Å². The average Bonchev–Trinajstić information content (AvgIpc) is 3.14. The summed E-state index contributed by atoms with van der Waals surface area (Å²) >= 11 is 5.96. The molecule has 0 radical (unpaired) electrons. The first-order valence-electron chi connectivity index (χ1n) is 9.19. The highest BCUT2D eigenvalue weighted by Gasteiger charge is 2.28. The summed E-state index contributed by atoms with van der Waals surface area (Å²) in [6.45, 7) is 0. The maximum atomic E-state index is 13.0. The van der Waals surface area contributed by atoms with Gasteiger partial charge in [-0.2, -0.15) is 20.0 Å². The van der Waals surface area contributed by atoms with Gasteiger partial charge in [0.05, 0.1) is 35.9 Å². The summed E-state index contributed by atoms with van der Waals surface area (Å²) in [5, 5.41) is 25.2. The van der Waals surface area contributed by atoms with Crippen LogP contribution in [0.4, 0.5) is 0 Å². The molecule has 0 spiro atoms. The molecular formula is C20H18ClN5O3. The summed E-state index contributed by atoms with van der Waals surface area (Å²) < 4.78 is 1.12. The summed E-state index contributed by atoms with van der Waals surface area (Å²) in [7, 11) is 0. The Balaban J connectivity index is 1.81. The minimum atomic E-state index is -0.608. The van der Waals surface area contributed by atoms with Crippen molar-refractivity contribution >= 4 is 17.5 Å². The molecule has 29 heavy (non-hydrogen) atoms. The van der Waals surface area contributed by atoms with Crippen molar-refractivity contribution < 1.29 is 9.90 Å². The number of aliphatic hydroxyl groups is 1. The minimum Gasteiger partial charge on any atom is -0.391 e. The van der Waals surface area contributed by atoms with Crippen LogP contribution in [-0.4, -0.2) is 43.1 Å². The number of aromatic nitrogens is 4. The van der Waals surface area contributed by atoms with Gasteiger partial charge in [0.15, 0.2) is 0 Å². The quantitative estimate of drug-likeness (QED) is 0.679. The van der Waals surface area contributed by atoms with Crippen LogP contribution in [0.3, 0.4) is 0 Å². The van der Waals surface area contributed by atoms with Crippen LogP contribution in [0.25, 0.3) is 16.9 Å². The van der Waals surface area contributed by atoms with E-state index in [1.165, 1.54) is 18.5 Å². The van der Waals surface area contributed by atoms with E-state index in [0.717, 1.165) is 11.1 Å². The van der Waals surface area contributed by atoms with Crippen LogP contribution in [0.5, 0.6) is 0 Å². The van der Waals surface area contributed by atoms with Gasteiger partial charge in [-0.1, -0.05) is 23.7 Å². The van der Waals surface area contributed by atoms with Gasteiger partial charge in [0.25, 0.3) is 11.5 Å². The van der Waals surface area contributed by atoms with Crippen molar-refractivity contribution in [2.75, 3.05) is 0 Å². The Bertz CT molecular complexity index is 1090. The zero-order valence-electron chi connectivity index (χ0n) is 15.3. The summed E-state index contributed by atoms with van der Waals surface area (Å²) in [5.41, 5.74) is 0.854. The number of carbonyl (C=O) groups excluding carboxylic acids is 1. The molecule has 148 valence electrons. The normalized spacial score (nSPS) is 18.6. The highest BCUT2D eigenvalue weighted by Crippen LogP contribution is 2.22. The van der Waals surface area contributed by atoms with Crippen LogP contribution in [0, 0.1) is 0 Å². The first-order valence-corrected chi connectivity index (χ1v) is 9.57. The van der Waals surface area contributed by atoms with E-state index in [-0.39, 0.29) is 11.6 Å². The Morgan fingerprint density at radius 3 is 2.62 bits per heavy atom. The fourth-order valence-electron chi connectivity index (χ4n) is 3.36. The molecule has 2 N–H and O–H groups in total. The lowest BCUT2D eigenvalue weighted by Crippen LogP contribution is -2.42. The number of rotatable bonds is 4. The number of aliphatic hydroxyl groups excluding tert-OH is 1. The fraction of sp³-hybridized carbons (Fsp3) is 0.250. The number of nitrogens with zero attached hydrogens (tertiary/aromatic N) is 4. The van der Waals surface area contributed by atoms with Crippen LogP contribution in [0.1, 0.15) is 29.6 Å². The summed E-state index contributed by atoms with van der Waals surface area (Å²) in [4.78, 5) is 25.9. The van der Waals surface area contributed by atoms with Crippen LogP contribution in [0.2, 0.25) is 5.02 Å². The Morgan fingerprint density at radius 2 is 1.97 bits per heavy atom. The lowest BCUT2D eigenvalue weighted by Gasteiger charge is -2.17. The van der Waals surface area contributed by atoms with Crippen molar-refractivity contribution in [3.8, 4) is 16.9 Å². The van der Waals surface area contributed by atoms with Crippen molar-refractivity contribution in [1.29, 1.82) is 0 Å². The van der Waals surface area contributed by atoms with Crippen molar-refractivity contribution in [3.63, 3.8) is 0 Å². The molecule has 0 bridgehead atoms. The summed E-state index contributed by atoms with van der Waals surface area (Å²) in [6, 6.07) is 9.58. The van der Waals surface area contributed by atoms with Gasteiger partial charge in [0.2, 0.25) is 0 Å². The van der Waals surface area contributed by atoms with E-state index in [9.17, 15) is 14.7 Å². The molecular weight excluding hydrogens is 394 g/mol. The second kappa shape index (κ2) is 8.10. The lowest BCUT2D eigenvalue weighted by atomic mass is 10.1. The molecule has 8 nitrogen and oxygen atoms in total. The van der Waals surface area contributed by atoms with Crippen molar-refractivity contribution in [3.05, 3.63) is 69.7 Å². The van der Waals surface area contributed by atoms with Gasteiger partial charge in [-0.05, 0) is 43.5 Å². The van der Waals surface area contributed by atoms with Gasteiger partial charge in [0, 0.05) is 10.6 Å². The predicted molar refractivity (Wildman–Crippen MR) is 107 cm³/mol. The van der Waals surface area contributed by atoms with Crippen LogP contribution in [0.15, 0.2) is 53.6 Å². The van der Waals surface area contributed by atoms with Gasteiger partial charge in [-0.15, -0.1) is 0 Å². The molecule has 1 saturated carbocycles. The third-order valence-electron chi connectivity index (χ3n) is 4.91. The van der Waals surface area contributed by atoms with E-state index in [1.54, 1.807) is 30.3 Å². The second-order valence-electron chi connectivity index (χ2n) is 6.85. The average molecular weight is 412 g/mol. The van der Waals surface area contributed by atoms with E-state index >= 15 is 0 Å².